The number of nitrogens with two attached hydrogens (primary N) is 1. The molecule has 0 amide bonds. The van der Waals surface area contributed by atoms with E-state index in [4.69, 9.17) is 10.5 Å². The van der Waals surface area contributed by atoms with Crippen LogP contribution in [0.15, 0.2) is 36.5 Å². The molecule has 0 bridgehead atoms. The molecule has 17 heavy (non-hydrogen) atoms. The molecule has 0 aliphatic rings. The van der Waals surface area contributed by atoms with Crippen molar-refractivity contribution in [2.24, 2.45) is 5.73 Å². The Morgan fingerprint density at radius 2 is 1.88 bits per heavy atom. The predicted molar refractivity (Wildman–Crippen MR) is 65.8 cm³/mol. The number of benzene rings is 1. The molecule has 4 nitrogen and oxygen atoms in total. The lowest BCUT2D eigenvalue weighted by molar-refractivity contribution is 0.414. The molecule has 1 heterocycles. The molecule has 0 saturated carbocycles. The van der Waals surface area contributed by atoms with E-state index in [0.29, 0.717) is 0 Å². The molecule has 2 rings (SSSR count). The van der Waals surface area contributed by atoms with Crippen molar-refractivity contribution in [3.8, 4) is 5.75 Å². The Morgan fingerprint density at radius 1 is 1.18 bits per heavy atom. The Kier molecular flexibility index (Phi) is 3.35. The summed E-state index contributed by atoms with van der Waals surface area (Å²) >= 11 is 0. The molecule has 88 valence electrons. The minimum Gasteiger partial charge on any atom is -0.497 e. The summed E-state index contributed by atoms with van der Waals surface area (Å²) in [6, 6.07) is 9.28. The summed E-state index contributed by atoms with van der Waals surface area (Å²) in [6.45, 7) is 1.85. The highest BCUT2D eigenvalue weighted by Gasteiger charge is 2.10. The highest BCUT2D eigenvalue weighted by Crippen LogP contribution is 2.20. The van der Waals surface area contributed by atoms with E-state index in [1.54, 1.807) is 13.3 Å². The smallest absolute Gasteiger partial charge is 0.125 e. The second kappa shape index (κ2) is 4.93. The third-order valence-corrected chi connectivity index (χ3v) is 2.59. The number of nitrogens with zero attached hydrogens (tertiary/aromatic N) is 2. The fraction of sp³-hybridized carbons (Fsp3) is 0.231. The van der Waals surface area contributed by atoms with E-state index in [1.807, 2.05) is 37.3 Å². The zero-order chi connectivity index (χ0) is 12.3. The average Bonchev–Trinajstić information content (AvgIpc) is 2.38. The topological polar surface area (TPSA) is 61.0 Å². The van der Waals surface area contributed by atoms with Gasteiger partial charge in [-0.15, -0.1) is 0 Å². The van der Waals surface area contributed by atoms with Crippen LogP contribution < -0.4 is 10.5 Å². The number of aryl methyl sites for hydroxylation is 1. The van der Waals surface area contributed by atoms with Gasteiger partial charge in [-0.2, -0.15) is 0 Å². The van der Waals surface area contributed by atoms with E-state index in [-0.39, 0.29) is 6.04 Å². The van der Waals surface area contributed by atoms with Crippen LogP contribution in [0.4, 0.5) is 0 Å². The first-order valence-corrected chi connectivity index (χ1v) is 5.40. The van der Waals surface area contributed by atoms with Gasteiger partial charge in [0.25, 0.3) is 0 Å². The molecule has 1 unspecified atom stereocenters. The van der Waals surface area contributed by atoms with Crippen LogP contribution in [-0.2, 0) is 0 Å². The summed E-state index contributed by atoms with van der Waals surface area (Å²) in [4.78, 5) is 8.38. The molecule has 0 radical (unpaired) electrons. The number of rotatable bonds is 3. The van der Waals surface area contributed by atoms with Crippen molar-refractivity contribution in [2.45, 2.75) is 13.0 Å². The largest absolute Gasteiger partial charge is 0.497 e. The molecule has 0 aliphatic carbocycles. The van der Waals surface area contributed by atoms with E-state index in [0.717, 1.165) is 22.8 Å². The molecule has 1 aromatic carbocycles. The molecule has 4 heteroatoms. The molecule has 1 aromatic heterocycles. The van der Waals surface area contributed by atoms with E-state index in [1.165, 1.54) is 0 Å². The van der Waals surface area contributed by atoms with Gasteiger partial charge in [-0.25, -0.2) is 9.97 Å². The Morgan fingerprint density at radius 3 is 2.47 bits per heavy atom. The minimum absolute atomic E-state index is 0.234. The molecule has 0 spiro atoms. The quantitative estimate of drug-likeness (QED) is 0.872. The van der Waals surface area contributed by atoms with Crippen LogP contribution in [0.1, 0.15) is 23.1 Å². The highest BCUT2D eigenvalue weighted by molar-refractivity contribution is 5.32. The van der Waals surface area contributed by atoms with Crippen molar-refractivity contribution in [3.63, 3.8) is 0 Å². The van der Waals surface area contributed by atoms with Gasteiger partial charge in [0, 0.05) is 6.20 Å². The Bertz CT molecular complexity index is 496. The molecular weight excluding hydrogens is 214 g/mol. The second-order valence-electron chi connectivity index (χ2n) is 3.78. The third-order valence-electron chi connectivity index (χ3n) is 2.59. The summed E-state index contributed by atoms with van der Waals surface area (Å²) in [6.07, 6.45) is 1.72. The summed E-state index contributed by atoms with van der Waals surface area (Å²) in [5.74, 6) is 1.55. The van der Waals surface area contributed by atoms with Gasteiger partial charge in [0.1, 0.15) is 11.6 Å². The standard InChI is InChI=1S/C13H15N3O/c1-9-15-8-7-12(16-9)13(14)10-3-5-11(17-2)6-4-10/h3-8,13H,14H2,1-2H3. The van der Waals surface area contributed by atoms with Gasteiger partial charge in [0.2, 0.25) is 0 Å². The first-order chi connectivity index (χ1) is 8.20. The third kappa shape index (κ3) is 2.60. The molecular formula is C13H15N3O. The maximum atomic E-state index is 6.15. The van der Waals surface area contributed by atoms with Crippen LogP contribution >= 0.6 is 0 Å². The average molecular weight is 229 g/mol. The van der Waals surface area contributed by atoms with E-state index < -0.39 is 0 Å². The zero-order valence-corrected chi connectivity index (χ0v) is 9.92. The van der Waals surface area contributed by atoms with Crippen LogP contribution in [0.25, 0.3) is 0 Å². The van der Waals surface area contributed by atoms with E-state index in [9.17, 15) is 0 Å². The van der Waals surface area contributed by atoms with Crippen LogP contribution in [0, 0.1) is 6.92 Å². The van der Waals surface area contributed by atoms with Gasteiger partial charge in [-0.05, 0) is 30.7 Å². The lowest BCUT2D eigenvalue weighted by Gasteiger charge is -2.12. The van der Waals surface area contributed by atoms with Gasteiger partial charge in [0.15, 0.2) is 0 Å². The lowest BCUT2D eigenvalue weighted by atomic mass is 10.0. The second-order valence-corrected chi connectivity index (χ2v) is 3.78. The number of hydrogen-bond donors (Lipinski definition) is 1. The van der Waals surface area contributed by atoms with Crippen LogP contribution in [0.3, 0.4) is 0 Å². The zero-order valence-electron chi connectivity index (χ0n) is 9.92. The van der Waals surface area contributed by atoms with Crippen molar-refractivity contribution in [3.05, 3.63) is 53.6 Å². The number of aromatic nitrogens is 2. The predicted octanol–water partition coefficient (Wildman–Crippen LogP) is 1.84. The molecule has 0 fully saturated rings. The molecule has 2 N–H and O–H groups in total. The fourth-order valence-corrected chi connectivity index (χ4v) is 1.63. The number of ether oxygens (including phenoxy) is 1. The SMILES string of the molecule is COc1ccc(C(N)c2ccnc(C)n2)cc1. The molecule has 0 aliphatic heterocycles. The van der Waals surface area contributed by atoms with Crippen molar-refractivity contribution < 1.29 is 4.74 Å². The van der Waals surface area contributed by atoms with E-state index >= 15 is 0 Å². The summed E-state index contributed by atoms with van der Waals surface area (Å²) < 4.78 is 5.11. The Labute approximate surface area is 100 Å². The summed E-state index contributed by atoms with van der Waals surface area (Å²) in [5.41, 5.74) is 7.97. The van der Waals surface area contributed by atoms with Gasteiger partial charge < -0.3 is 10.5 Å². The minimum atomic E-state index is -0.234. The van der Waals surface area contributed by atoms with Crippen LogP contribution in [0.2, 0.25) is 0 Å². The number of hydrogen-bond acceptors (Lipinski definition) is 4. The molecule has 1 atom stereocenters. The maximum absolute atomic E-state index is 6.15. The Hall–Kier alpha value is -1.94. The fourth-order valence-electron chi connectivity index (χ4n) is 1.63. The lowest BCUT2D eigenvalue weighted by Crippen LogP contribution is -2.14. The highest BCUT2D eigenvalue weighted by atomic mass is 16.5. The van der Waals surface area contributed by atoms with Crippen molar-refractivity contribution in [2.75, 3.05) is 7.11 Å². The normalized spacial score (nSPS) is 12.2. The van der Waals surface area contributed by atoms with Gasteiger partial charge in [-0.3, -0.25) is 0 Å². The van der Waals surface area contributed by atoms with Gasteiger partial charge in [-0.1, -0.05) is 12.1 Å². The Balaban J connectivity index is 2.27. The summed E-state index contributed by atoms with van der Waals surface area (Å²) in [5, 5.41) is 0. The number of methoxy groups -OCH3 is 1. The molecule has 2 aromatic rings. The van der Waals surface area contributed by atoms with Crippen LogP contribution in [0.5, 0.6) is 5.75 Å². The monoisotopic (exact) mass is 229 g/mol. The molecule has 0 saturated heterocycles. The first kappa shape index (κ1) is 11.5. The first-order valence-electron chi connectivity index (χ1n) is 5.40. The van der Waals surface area contributed by atoms with Crippen molar-refractivity contribution in [1.82, 2.24) is 9.97 Å². The van der Waals surface area contributed by atoms with Crippen molar-refractivity contribution in [1.29, 1.82) is 0 Å². The van der Waals surface area contributed by atoms with E-state index in [2.05, 4.69) is 9.97 Å². The maximum Gasteiger partial charge on any atom is 0.125 e. The van der Waals surface area contributed by atoms with Crippen LogP contribution in [-0.4, -0.2) is 17.1 Å². The summed E-state index contributed by atoms with van der Waals surface area (Å²) in [7, 11) is 1.64. The van der Waals surface area contributed by atoms with Crippen molar-refractivity contribution >= 4 is 0 Å². The van der Waals surface area contributed by atoms with Gasteiger partial charge in [0.05, 0.1) is 18.8 Å². The van der Waals surface area contributed by atoms with Gasteiger partial charge >= 0.3 is 0 Å².